The molecule has 6 nitrogen and oxygen atoms in total. The van der Waals surface area contributed by atoms with E-state index in [9.17, 15) is 9.59 Å². The van der Waals surface area contributed by atoms with Gasteiger partial charge in [0.2, 0.25) is 0 Å². The van der Waals surface area contributed by atoms with E-state index in [1.165, 1.54) is 0 Å². The molecule has 0 saturated heterocycles. The Labute approximate surface area is 158 Å². The molecule has 0 heterocycles. The second kappa shape index (κ2) is 9.22. The van der Waals surface area contributed by atoms with Crippen molar-refractivity contribution in [2.75, 3.05) is 31.3 Å². The lowest BCUT2D eigenvalue weighted by atomic mass is 10.2. The molecule has 0 spiro atoms. The number of likely N-dealkylation sites (N-methyl/N-ethyl adjacent to an activating group) is 1. The molecule has 0 aliphatic rings. The lowest BCUT2D eigenvalue weighted by Crippen LogP contribution is -3.14. The number of anilines is 2. The summed E-state index contributed by atoms with van der Waals surface area (Å²) in [5.74, 6) is 0.319. The molecule has 0 fully saturated rings. The van der Waals surface area contributed by atoms with Gasteiger partial charge in [-0.15, -0.1) is 0 Å². The predicted molar refractivity (Wildman–Crippen MR) is 103 cm³/mol. The summed E-state index contributed by atoms with van der Waals surface area (Å²) in [5.41, 5.74) is 1.32. The molecule has 0 saturated carbocycles. The number of hydrogen-bond acceptors (Lipinski definition) is 3. The number of ether oxygens (including phenoxy) is 1. The number of methoxy groups -OCH3 is 1. The van der Waals surface area contributed by atoms with E-state index in [1.54, 1.807) is 69.6 Å². The molecular formula is C19H23ClN3O3+. The van der Waals surface area contributed by atoms with Gasteiger partial charge in [0.05, 0.1) is 14.2 Å². The molecule has 0 aromatic heterocycles. The van der Waals surface area contributed by atoms with Crippen LogP contribution in [0.15, 0.2) is 48.5 Å². The molecule has 3 N–H and O–H groups in total. The highest BCUT2D eigenvalue weighted by atomic mass is 35.5. The minimum absolute atomic E-state index is 0.162. The van der Waals surface area contributed by atoms with E-state index in [2.05, 4.69) is 10.6 Å². The molecule has 0 aliphatic carbocycles. The first kappa shape index (κ1) is 19.8. The SMILES string of the molecule is COc1cccc(NC(=O)[C@H](C)[NH+](C)CC(=O)Nc2ccc(Cl)cc2)c1. The number of benzene rings is 2. The van der Waals surface area contributed by atoms with Crippen LogP contribution in [0.1, 0.15) is 6.92 Å². The van der Waals surface area contributed by atoms with Crippen LogP contribution in [0.3, 0.4) is 0 Å². The summed E-state index contributed by atoms with van der Waals surface area (Å²) in [5, 5.41) is 6.24. The second-order valence-electron chi connectivity index (χ2n) is 6.02. The standard InChI is InChI=1S/C19H22ClN3O3/c1-13(19(25)22-16-5-4-6-17(11-16)26-3)23(2)12-18(24)21-15-9-7-14(20)8-10-15/h4-11,13H,12H2,1-3H3,(H,21,24)(H,22,25)/p+1/t13-/m0/s1. The summed E-state index contributed by atoms with van der Waals surface area (Å²) in [6, 6.07) is 13.6. The van der Waals surface area contributed by atoms with Crippen LogP contribution in [-0.4, -0.2) is 38.6 Å². The quantitative estimate of drug-likeness (QED) is 0.690. The first-order chi connectivity index (χ1) is 12.4. The number of halogens is 1. The van der Waals surface area contributed by atoms with Crippen LogP contribution in [0.4, 0.5) is 11.4 Å². The zero-order valence-electron chi connectivity index (χ0n) is 15.0. The predicted octanol–water partition coefficient (Wildman–Crippen LogP) is 1.83. The van der Waals surface area contributed by atoms with Crippen LogP contribution >= 0.6 is 11.6 Å². The first-order valence-corrected chi connectivity index (χ1v) is 8.59. The fourth-order valence-corrected chi connectivity index (χ4v) is 2.45. The molecule has 2 rings (SSSR count). The van der Waals surface area contributed by atoms with Crippen LogP contribution in [0.25, 0.3) is 0 Å². The summed E-state index contributed by atoms with van der Waals surface area (Å²) in [7, 11) is 3.37. The van der Waals surface area contributed by atoms with Crippen molar-refractivity contribution >= 4 is 34.8 Å². The summed E-state index contributed by atoms with van der Waals surface area (Å²) in [6.45, 7) is 1.94. The lowest BCUT2D eigenvalue weighted by molar-refractivity contribution is -0.885. The van der Waals surface area contributed by atoms with E-state index in [4.69, 9.17) is 16.3 Å². The zero-order chi connectivity index (χ0) is 19.1. The Hall–Kier alpha value is -2.57. The molecular weight excluding hydrogens is 354 g/mol. The van der Waals surface area contributed by atoms with E-state index >= 15 is 0 Å². The lowest BCUT2D eigenvalue weighted by Gasteiger charge is -2.20. The third-order valence-corrected chi connectivity index (χ3v) is 4.29. The molecule has 2 amide bonds. The molecule has 7 heteroatoms. The second-order valence-corrected chi connectivity index (χ2v) is 6.46. The molecule has 0 bridgehead atoms. The fraction of sp³-hybridized carbons (Fsp3) is 0.263. The Bertz CT molecular complexity index is 765. The molecule has 1 unspecified atom stereocenters. The van der Waals surface area contributed by atoms with Crippen molar-refractivity contribution in [3.63, 3.8) is 0 Å². The van der Waals surface area contributed by atoms with E-state index < -0.39 is 6.04 Å². The van der Waals surface area contributed by atoms with Gasteiger partial charge in [-0.3, -0.25) is 9.59 Å². The largest absolute Gasteiger partial charge is 0.497 e. The third-order valence-electron chi connectivity index (χ3n) is 4.04. The van der Waals surface area contributed by atoms with E-state index in [0.29, 0.717) is 22.1 Å². The Morgan fingerprint density at radius 2 is 1.81 bits per heavy atom. The minimum Gasteiger partial charge on any atom is -0.497 e. The molecule has 0 aliphatic heterocycles. The summed E-state index contributed by atoms with van der Waals surface area (Å²) in [6.07, 6.45) is 0. The van der Waals surface area contributed by atoms with Gasteiger partial charge in [-0.2, -0.15) is 0 Å². The van der Waals surface area contributed by atoms with Gasteiger partial charge in [0.15, 0.2) is 12.6 Å². The van der Waals surface area contributed by atoms with Crippen molar-refractivity contribution in [1.29, 1.82) is 0 Å². The van der Waals surface area contributed by atoms with Crippen LogP contribution in [0.5, 0.6) is 5.75 Å². The van der Waals surface area contributed by atoms with Crippen molar-refractivity contribution in [3.8, 4) is 5.75 Å². The highest BCUT2D eigenvalue weighted by Crippen LogP contribution is 2.16. The number of carbonyl (C=O) groups is 2. The average Bonchev–Trinajstić information content (AvgIpc) is 2.63. The van der Waals surface area contributed by atoms with E-state index in [-0.39, 0.29) is 18.4 Å². The number of carbonyl (C=O) groups excluding carboxylic acids is 2. The number of rotatable bonds is 7. The number of nitrogens with one attached hydrogen (secondary N) is 3. The average molecular weight is 377 g/mol. The van der Waals surface area contributed by atoms with Crippen LogP contribution in [-0.2, 0) is 9.59 Å². The summed E-state index contributed by atoms with van der Waals surface area (Å²) >= 11 is 5.83. The highest BCUT2D eigenvalue weighted by Gasteiger charge is 2.24. The topological polar surface area (TPSA) is 71.9 Å². The zero-order valence-corrected chi connectivity index (χ0v) is 15.8. The third kappa shape index (κ3) is 5.75. The Morgan fingerprint density at radius 1 is 1.12 bits per heavy atom. The number of hydrogen-bond donors (Lipinski definition) is 3. The number of quaternary nitrogens is 1. The van der Waals surface area contributed by atoms with Crippen molar-refractivity contribution in [1.82, 2.24) is 0 Å². The molecule has 2 aromatic rings. The maximum Gasteiger partial charge on any atom is 0.282 e. The van der Waals surface area contributed by atoms with Crippen LogP contribution in [0, 0.1) is 0 Å². The van der Waals surface area contributed by atoms with Crippen LogP contribution in [0.2, 0.25) is 5.02 Å². The van der Waals surface area contributed by atoms with Crippen molar-refractivity contribution in [2.45, 2.75) is 13.0 Å². The van der Waals surface area contributed by atoms with Gasteiger partial charge >= 0.3 is 0 Å². The van der Waals surface area contributed by atoms with Crippen molar-refractivity contribution in [3.05, 3.63) is 53.6 Å². The normalized spacial score (nSPS) is 12.8. The smallest absolute Gasteiger partial charge is 0.282 e. The van der Waals surface area contributed by atoms with Gasteiger partial charge in [0, 0.05) is 22.5 Å². The van der Waals surface area contributed by atoms with Gasteiger partial charge in [-0.1, -0.05) is 17.7 Å². The van der Waals surface area contributed by atoms with Gasteiger partial charge < -0.3 is 20.3 Å². The monoisotopic (exact) mass is 376 g/mol. The molecule has 2 atom stereocenters. The van der Waals surface area contributed by atoms with Gasteiger partial charge in [-0.05, 0) is 43.3 Å². The maximum absolute atomic E-state index is 12.4. The molecule has 26 heavy (non-hydrogen) atoms. The number of amides is 2. The van der Waals surface area contributed by atoms with Crippen LogP contribution < -0.4 is 20.3 Å². The molecule has 2 aromatic carbocycles. The molecule has 0 radical (unpaired) electrons. The van der Waals surface area contributed by atoms with Gasteiger partial charge in [0.25, 0.3) is 11.8 Å². The van der Waals surface area contributed by atoms with Gasteiger partial charge in [0.1, 0.15) is 5.75 Å². The maximum atomic E-state index is 12.4. The Kier molecular flexibility index (Phi) is 7.00. The summed E-state index contributed by atoms with van der Waals surface area (Å²) < 4.78 is 5.14. The highest BCUT2D eigenvalue weighted by molar-refractivity contribution is 6.30. The van der Waals surface area contributed by atoms with Crippen molar-refractivity contribution in [2.24, 2.45) is 0 Å². The Morgan fingerprint density at radius 3 is 2.46 bits per heavy atom. The van der Waals surface area contributed by atoms with Crippen molar-refractivity contribution < 1.29 is 19.2 Å². The van der Waals surface area contributed by atoms with E-state index in [1.807, 2.05) is 0 Å². The molecule has 138 valence electrons. The van der Waals surface area contributed by atoms with Gasteiger partial charge in [-0.25, -0.2) is 0 Å². The Balaban J connectivity index is 1.88. The fourth-order valence-electron chi connectivity index (χ4n) is 2.32. The first-order valence-electron chi connectivity index (χ1n) is 8.21. The minimum atomic E-state index is -0.405. The summed E-state index contributed by atoms with van der Waals surface area (Å²) in [4.78, 5) is 25.4. The van der Waals surface area contributed by atoms with E-state index in [0.717, 1.165) is 4.90 Å².